The number of phosphoric ester groups is 1. The number of cyclic esters (lactones) is 2. The second-order valence-electron chi connectivity index (χ2n) is 11.4. The predicted octanol–water partition coefficient (Wildman–Crippen LogP) is 4.62. The third kappa shape index (κ3) is 50.4. The summed E-state index contributed by atoms with van der Waals surface area (Å²) in [7, 11) is -4.30. The Balaban J connectivity index is -0.0000000874. The summed E-state index contributed by atoms with van der Waals surface area (Å²) in [6, 6.07) is 0. The highest BCUT2D eigenvalue weighted by Gasteiger charge is 2.32. The number of hydrogen-bond donors (Lipinski definition) is 6. The van der Waals surface area contributed by atoms with Gasteiger partial charge in [0.15, 0.2) is 18.3 Å². The third-order valence-electron chi connectivity index (χ3n) is 5.29. The van der Waals surface area contributed by atoms with Crippen molar-refractivity contribution in [3.8, 4) is 0 Å². The molecule has 63 heavy (non-hydrogen) atoms. The quantitative estimate of drug-likeness (QED) is 0.0657. The van der Waals surface area contributed by atoms with E-state index in [2.05, 4.69) is 27.8 Å². The van der Waals surface area contributed by atoms with Crippen molar-refractivity contribution in [2.75, 3.05) is 33.0 Å². The van der Waals surface area contributed by atoms with Crippen LogP contribution in [0.3, 0.4) is 0 Å². The standard InChI is InChI=1S/C11H21O9P.C9H16O6.C6H8O4.C3H8O2.C2H5Cl2O2P.5CH4/c1-5-18-21(15,16)20-9(4)11(14)17-6-7(2)19-10(13)8(3)12;1-5(15-9(13)7(3)11)4-14-8(12)6(2)10;1-3-5(7)10-4(2)6(8)9-3;1-3(5)2-4;1-2-6-7(3,4)5;;;;;/h7-9,12H,5-6H2,1-4H3,(H,15,16);5-7,10-11H,4H2,1-3H3;3-4H,1-2H3;3-5H,2H2,1H3;2H2,1H3;5*1H4/t7?,8-,9-;5?,6-,7-;3-,4+;;;;;;;/m11......../s1. The number of aliphatic hydroxyl groups is 5. The summed E-state index contributed by atoms with van der Waals surface area (Å²) in [6.07, 6.45) is -11.7. The first-order valence-electron chi connectivity index (χ1n) is 17.1. The van der Waals surface area contributed by atoms with Crippen molar-refractivity contribution >= 4 is 72.2 Å². The van der Waals surface area contributed by atoms with E-state index in [4.69, 9.17) is 62.2 Å². The molecule has 1 aliphatic rings. The molecule has 0 aromatic heterocycles. The molecule has 27 heteroatoms. The van der Waals surface area contributed by atoms with Gasteiger partial charge in [-0.15, -0.1) is 0 Å². The first-order chi connectivity index (χ1) is 26.4. The fourth-order valence-corrected chi connectivity index (χ4v) is 4.28. The first-order valence-corrected chi connectivity index (χ1v) is 22.1. The molecule has 1 rings (SSSR count). The van der Waals surface area contributed by atoms with Gasteiger partial charge in [0.25, 0.3) is 0 Å². The van der Waals surface area contributed by atoms with Crippen LogP contribution in [0.1, 0.15) is 113 Å². The summed E-state index contributed by atoms with van der Waals surface area (Å²) in [5, 5.41) is 42.5. The van der Waals surface area contributed by atoms with Gasteiger partial charge in [0.05, 0.1) is 25.9 Å². The zero-order valence-electron chi connectivity index (χ0n) is 34.0. The molecule has 1 fully saturated rings. The minimum atomic E-state index is -4.30. The molecule has 6 N–H and O–H groups in total. The highest BCUT2D eigenvalue weighted by atomic mass is 35.9. The number of hydrogen-bond acceptors (Lipinski definition) is 22. The van der Waals surface area contributed by atoms with Gasteiger partial charge in [-0.3, -0.25) is 13.6 Å². The molecule has 0 aliphatic carbocycles. The van der Waals surface area contributed by atoms with E-state index in [1.165, 1.54) is 69.2 Å². The maximum atomic E-state index is 11.5. The minimum absolute atomic E-state index is 0. The Hall–Kier alpha value is -2.50. The van der Waals surface area contributed by atoms with Gasteiger partial charge in [0.2, 0.25) is 0 Å². The van der Waals surface area contributed by atoms with Gasteiger partial charge in [-0.1, -0.05) is 37.1 Å². The highest BCUT2D eigenvalue weighted by molar-refractivity contribution is 8.05. The summed E-state index contributed by atoms with van der Waals surface area (Å²) in [6.45, 7) is 15.3. The smallest absolute Gasteiger partial charge is 0.460 e. The summed E-state index contributed by atoms with van der Waals surface area (Å²) < 4.78 is 62.7. The Morgan fingerprint density at radius 2 is 0.937 bits per heavy atom. The number of phosphoric acid groups is 1. The third-order valence-corrected chi connectivity index (χ3v) is 7.60. The summed E-state index contributed by atoms with van der Waals surface area (Å²) in [4.78, 5) is 74.8. The van der Waals surface area contributed by atoms with E-state index in [9.17, 15) is 42.8 Å². The van der Waals surface area contributed by atoms with Gasteiger partial charge in [0.1, 0.15) is 43.7 Å². The molecule has 0 radical (unpaired) electrons. The van der Waals surface area contributed by atoms with E-state index in [0.717, 1.165) is 0 Å². The minimum Gasteiger partial charge on any atom is -0.460 e. The molecular formula is C36H78Cl2O23P2. The monoisotopic (exact) mass is 1010 g/mol. The lowest BCUT2D eigenvalue weighted by atomic mass is 10.3. The molecule has 384 valence electrons. The van der Waals surface area contributed by atoms with Gasteiger partial charge in [-0.2, -0.15) is 0 Å². The Morgan fingerprint density at radius 3 is 1.17 bits per heavy atom. The maximum absolute atomic E-state index is 11.5. The average molecular weight is 1010 g/mol. The van der Waals surface area contributed by atoms with Crippen LogP contribution >= 0.6 is 36.4 Å². The van der Waals surface area contributed by atoms with E-state index in [-0.39, 0.29) is 70.2 Å². The molecule has 1 aliphatic heterocycles. The molecule has 1 saturated heterocycles. The van der Waals surface area contributed by atoms with Crippen molar-refractivity contribution in [3.63, 3.8) is 0 Å². The zero-order valence-corrected chi connectivity index (χ0v) is 37.3. The van der Waals surface area contributed by atoms with Crippen LogP contribution in [-0.4, -0.2) is 154 Å². The van der Waals surface area contributed by atoms with E-state index < -0.39 is 105 Å². The zero-order chi connectivity index (χ0) is 46.6. The van der Waals surface area contributed by atoms with Crippen LogP contribution < -0.4 is 0 Å². The fraction of sp³-hybridized carbons (Fsp3) is 0.833. The van der Waals surface area contributed by atoms with Gasteiger partial charge in [0, 0.05) is 0 Å². The van der Waals surface area contributed by atoms with Gasteiger partial charge in [-0.25, -0.2) is 33.3 Å². The Kier molecular flexibility index (Phi) is 55.6. The molecule has 0 spiro atoms. The van der Waals surface area contributed by atoms with Gasteiger partial charge >= 0.3 is 49.7 Å². The first kappa shape index (κ1) is 80.8. The molecule has 0 aromatic carbocycles. The number of esters is 6. The van der Waals surface area contributed by atoms with Crippen molar-refractivity contribution in [1.29, 1.82) is 0 Å². The van der Waals surface area contributed by atoms with Gasteiger partial charge in [-0.05, 0) is 98.6 Å². The maximum Gasteiger partial charge on any atom is 0.472 e. The second kappa shape index (κ2) is 43.4. The van der Waals surface area contributed by atoms with Crippen molar-refractivity contribution in [2.45, 2.75) is 168 Å². The molecule has 4 unspecified atom stereocenters. The molecule has 1 heterocycles. The van der Waals surface area contributed by atoms with E-state index in [1.54, 1.807) is 6.92 Å². The van der Waals surface area contributed by atoms with E-state index >= 15 is 0 Å². The number of halogens is 2. The van der Waals surface area contributed by atoms with E-state index in [0.29, 0.717) is 0 Å². The number of aliphatic hydroxyl groups excluding tert-OH is 5. The molecule has 0 saturated carbocycles. The summed E-state index contributed by atoms with van der Waals surface area (Å²) in [5.41, 5.74) is 0. The van der Waals surface area contributed by atoms with Crippen molar-refractivity contribution in [3.05, 3.63) is 0 Å². The van der Waals surface area contributed by atoms with Gasteiger partial charge < -0.3 is 63.4 Å². The molecule has 0 aromatic rings. The number of ether oxygens (including phenoxy) is 6. The van der Waals surface area contributed by atoms with Crippen LogP contribution in [0.4, 0.5) is 0 Å². The molecule has 10 atom stereocenters. The van der Waals surface area contributed by atoms with Crippen molar-refractivity contribution < 1.29 is 110 Å². The molecule has 23 nitrogen and oxygen atoms in total. The lowest BCUT2D eigenvalue weighted by molar-refractivity contribution is -0.191. The SMILES string of the molecule is C.C.C.C.C.CC(COC(=O)[C@@H](C)O)OC(=O)[C@@H](C)O.CC(O)CO.CCOP(=O)(Cl)Cl.CCOP(=O)(O)O[C@H](C)C(=O)OCC(C)OC(=O)[C@@H](C)O.C[C@@H]1OC(=O)[C@@H](C)OC1=O. The Morgan fingerprint density at radius 1 is 0.635 bits per heavy atom. The number of rotatable bonds is 17. The van der Waals surface area contributed by atoms with Crippen LogP contribution in [0, 0.1) is 0 Å². The topological polar surface area (TPSA) is 341 Å². The molecule has 0 bridgehead atoms. The van der Waals surface area contributed by atoms with Crippen LogP contribution in [0.2, 0.25) is 0 Å². The van der Waals surface area contributed by atoms with Crippen LogP contribution in [0.15, 0.2) is 0 Å². The summed E-state index contributed by atoms with van der Waals surface area (Å²) >= 11 is 9.86. The summed E-state index contributed by atoms with van der Waals surface area (Å²) in [5.74, 6) is -4.28. The largest absolute Gasteiger partial charge is 0.472 e. The predicted molar refractivity (Wildman–Crippen MR) is 235 cm³/mol. The normalized spacial score (nSPS) is 17.7. The van der Waals surface area contributed by atoms with Crippen LogP contribution in [-0.2, 0) is 79.9 Å². The average Bonchev–Trinajstić information content (AvgIpc) is 3.08. The molecular weight excluding hydrogens is 933 g/mol. The second-order valence-corrected chi connectivity index (χ2v) is 17.1. The number of carbonyl (C=O) groups excluding carboxylic acids is 6. The molecule has 0 amide bonds. The van der Waals surface area contributed by atoms with Crippen LogP contribution in [0.25, 0.3) is 0 Å². The van der Waals surface area contributed by atoms with Crippen LogP contribution in [0.5, 0.6) is 0 Å². The Bertz CT molecular complexity index is 1290. The fourth-order valence-electron chi connectivity index (χ4n) is 2.52. The Labute approximate surface area is 382 Å². The van der Waals surface area contributed by atoms with Crippen molar-refractivity contribution in [1.82, 2.24) is 0 Å². The lowest BCUT2D eigenvalue weighted by Gasteiger charge is -2.22. The van der Waals surface area contributed by atoms with E-state index in [1.807, 2.05) is 0 Å². The van der Waals surface area contributed by atoms with Crippen molar-refractivity contribution in [2.24, 2.45) is 0 Å². The highest BCUT2D eigenvalue weighted by Crippen LogP contribution is 2.57. The lowest BCUT2D eigenvalue weighted by Crippen LogP contribution is -2.40. The number of carbonyl (C=O) groups is 6.